The molecular weight excluding hydrogens is 370 g/mol. The first-order valence-corrected chi connectivity index (χ1v) is 9.72. The van der Waals surface area contributed by atoms with Crippen LogP contribution in [0.5, 0.6) is 0 Å². The van der Waals surface area contributed by atoms with Crippen LogP contribution in [-0.2, 0) is 10.0 Å². The standard InChI is InChI=1S/C19H14ClN3O2S/c20-15-8-4-14(5-9-15)19-18(17-3-1-2-12-23(17)22-19)13-6-10-16(11-7-13)26(21,24)25/h1-12H,(H2,21,24,25). The summed E-state index contributed by atoms with van der Waals surface area (Å²) < 4.78 is 24.8. The molecule has 7 heteroatoms. The number of primary sulfonamides is 1. The number of nitrogens with two attached hydrogens (primary N) is 1. The summed E-state index contributed by atoms with van der Waals surface area (Å²) in [7, 11) is -3.73. The normalized spacial score (nSPS) is 11.8. The second kappa shape index (κ2) is 6.25. The second-order valence-corrected chi connectivity index (χ2v) is 7.83. The molecule has 26 heavy (non-hydrogen) atoms. The maximum atomic E-state index is 11.5. The summed E-state index contributed by atoms with van der Waals surface area (Å²) in [4.78, 5) is 0.0748. The Bertz CT molecular complexity index is 1200. The van der Waals surface area contributed by atoms with Crippen LogP contribution in [0.25, 0.3) is 27.9 Å². The molecule has 130 valence electrons. The minimum absolute atomic E-state index is 0.0748. The number of sulfonamides is 1. The summed E-state index contributed by atoms with van der Waals surface area (Å²) in [5.41, 5.74) is 4.39. The van der Waals surface area contributed by atoms with Gasteiger partial charge in [0.05, 0.1) is 10.4 Å². The Morgan fingerprint density at radius 1 is 0.885 bits per heavy atom. The molecule has 5 nitrogen and oxygen atoms in total. The molecule has 4 rings (SSSR count). The van der Waals surface area contributed by atoms with Crippen molar-refractivity contribution < 1.29 is 8.42 Å². The molecular formula is C19H14ClN3O2S. The van der Waals surface area contributed by atoms with Crippen molar-refractivity contribution in [2.75, 3.05) is 0 Å². The van der Waals surface area contributed by atoms with Crippen LogP contribution in [0.1, 0.15) is 0 Å². The number of fused-ring (bicyclic) bond motifs is 1. The number of hydrogen-bond acceptors (Lipinski definition) is 3. The van der Waals surface area contributed by atoms with Crippen molar-refractivity contribution in [3.8, 4) is 22.4 Å². The van der Waals surface area contributed by atoms with Crippen LogP contribution in [0.3, 0.4) is 0 Å². The van der Waals surface area contributed by atoms with Gasteiger partial charge in [-0.25, -0.2) is 18.1 Å². The molecule has 0 bridgehead atoms. The molecule has 0 saturated carbocycles. The van der Waals surface area contributed by atoms with Gasteiger partial charge in [-0.15, -0.1) is 0 Å². The van der Waals surface area contributed by atoms with Crippen molar-refractivity contribution in [3.63, 3.8) is 0 Å². The van der Waals surface area contributed by atoms with Gasteiger partial charge in [0.1, 0.15) is 5.69 Å². The summed E-state index contributed by atoms with van der Waals surface area (Å²) in [6.45, 7) is 0. The van der Waals surface area contributed by atoms with E-state index in [4.69, 9.17) is 21.8 Å². The van der Waals surface area contributed by atoms with Gasteiger partial charge in [-0.2, -0.15) is 5.10 Å². The lowest BCUT2D eigenvalue weighted by Gasteiger charge is -2.05. The fourth-order valence-corrected chi connectivity index (χ4v) is 3.55. The Balaban J connectivity index is 1.96. The van der Waals surface area contributed by atoms with Crippen LogP contribution >= 0.6 is 11.6 Å². The third kappa shape index (κ3) is 2.99. The number of hydrogen-bond donors (Lipinski definition) is 1. The van der Waals surface area contributed by atoms with Crippen LogP contribution in [-0.4, -0.2) is 18.0 Å². The first kappa shape index (κ1) is 16.8. The monoisotopic (exact) mass is 383 g/mol. The molecule has 0 fully saturated rings. The second-order valence-electron chi connectivity index (χ2n) is 5.83. The Morgan fingerprint density at radius 3 is 2.19 bits per heavy atom. The van der Waals surface area contributed by atoms with Crippen LogP contribution in [0.15, 0.2) is 77.8 Å². The Kier molecular flexibility index (Phi) is 4.03. The average molecular weight is 384 g/mol. The average Bonchev–Trinajstić information content (AvgIpc) is 3.01. The van der Waals surface area contributed by atoms with E-state index < -0.39 is 10.0 Å². The van der Waals surface area contributed by atoms with E-state index in [-0.39, 0.29) is 4.90 Å². The van der Waals surface area contributed by atoms with E-state index in [0.717, 1.165) is 27.9 Å². The maximum Gasteiger partial charge on any atom is 0.238 e. The molecule has 2 aromatic heterocycles. The third-order valence-electron chi connectivity index (χ3n) is 4.13. The highest BCUT2D eigenvalue weighted by Crippen LogP contribution is 2.35. The van der Waals surface area contributed by atoms with E-state index in [1.54, 1.807) is 16.6 Å². The fraction of sp³-hybridized carbons (Fsp3) is 0. The predicted octanol–water partition coefficient (Wildman–Crippen LogP) is 3.97. The topological polar surface area (TPSA) is 77.5 Å². The van der Waals surface area contributed by atoms with E-state index in [0.29, 0.717) is 5.02 Å². The van der Waals surface area contributed by atoms with Gasteiger partial charge in [0.25, 0.3) is 0 Å². The molecule has 0 atom stereocenters. The zero-order valence-electron chi connectivity index (χ0n) is 13.5. The van der Waals surface area contributed by atoms with Crippen molar-refractivity contribution in [3.05, 3.63) is 77.9 Å². The molecule has 4 aromatic rings. The summed E-state index contributed by atoms with van der Waals surface area (Å²) in [5.74, 6) is 0. The van der Waals surface area contributed by atoms with E-state index in [2.05, 4.69) is 0 Å². The molecule has 0 saturated heterocycles. The van der Waals surface area contributed by atoms with Crippen molar-refractivity contribution in [1.29, 1.82) is 0 Å². The van der Waals surface area contributed by atoms with E-state index in [1.165, 1.54) is 12.1 Å². The van der Waals surface area contributed by atoms with Gasteiger partial charge in [-0.3, -0.25) is 0 Å². The largest absolute Gasteiger partial charge is 0.240 e. The van der Waals surface area contributed by atoms with Crippen LogP contribution in [0, 0.1) is 0 Å². The van der Waals surface area contributed by atoms with Gasteiger partial charge < -0.3 is 0 Å². The lowest BCUT2D eigenvalue weighted by atomic mass is 10.00. The van der Waals surface area contributed by atoms with Gasteiger partial charge in [0.2, 0.25) is 10.0 Å². The molecule has 0 radical (unpaired) electrons. The third-order valence-corrected chi connectivity index (χ3v) is 5.31. The molecule has 0 amide bonds. The lowest BCUT2D eigenvalue weighted by molar-refractivity contribution is 0.598. The van der Waals surface area contributed by atoms with Gasteiger partial charge >= 0.3 is 0 Å². The number of halogens is 1. The first-order valence-electron chi connectivity index (χ1n) is 7.80. The number of rotatable bonds is 3. The fourth-order valence-electron chi connectivity index (χ4n) is 2.90. The van der Waals surface area contributed by atoms with E-state index in [1.807, 2.05) is 48.7 Å². The quantitative estimate of drug-likeness (QED) is 0.581. The van der Waals surface area contributed by atoms with Gasteiger partial charge in [-0.05, 0) is 42.0 Å². The Labute approximate surface area is 155 Å². The number of pyridine rings is 1. The molecule has 0 spiro atoms. The lowest BCUT2D eigenvalue weighted by Crippen LogP contribution is -2.11. The minimum Gasteiger partial charge on any atom is -0.240 e. The van der Waals surface area contributed by atoms with Crippen LogP contribution in [0.2, 0.25) is 5.02 Å². The highest BCUT2D eigenvalue weighted by molar-refractivity contribution is 7.89. The van der Waals surface area contributed by atoms with Gasteiger partial charge in [0, 0.05) is 22.3 Å². The SMILES string of the molecule is NS(=O)(=O)c1ccc(-c2c(-c3ccc(Cl)cc3)nn3ccccc23)cc1. The zero-order valence-corrected chi connectivity index (χ0v) is 15.1. The van der Waals surface area contributed by atoms with Gasteiger partial charge in [0.15, 0.2) is 0 Å². The zero-order chi connectivity index (χ0) is 18.3. The number of nitrogens with zero attached hydrogens (tertiary/aromatic N) is 2. The molecule has 2 N–H and O–H groups in total. The number of aromatic nitrogens is 2. The van der Waals surface area contributed by atoms with E-state index >= 15 is 0 Å². The van der Waals surface area contributed by atoms with Crippen LogP contribution < -0.4 is 5.14 Å². The van der Waals surface area contributed by atoms with Crippen LogP contribution in [0.4, 0.5) is 0 Å². The number of benzene rings is 2. The van der Waals surface area contributed by atoms with Crippen molar-refractivity contribution in [2.24, 2.45) is 5.14 Å². The Morgan fingerprint density at radius 2 is 1.54 bits per heavy atom. The summed E-state index contributed by atoms with van der Waals surface area (Å²) in [5, 5.41) is 10.5. The molecule has 2 aromatic carbocycles. The van der Waals surface area contributed by atoms with Gasteiger partial charge in [-0.1, -0.05) is 41.9 Å². The van der Waals surface area contributed by atoms with Crippen molar-refractivity contribution in [1.82, 2.24) is 9.61 Å². The smallest absolute Gasteiger partial charge is 0.238 e. The van der Waals surface area contributed by atoms with Crippen molar-refractivity contribution in [2.45, 2.75) is 4.90 Å². The minimum atomic E-state index is -3.73. The summed E-state index contributed by atoms with van der Waals surface area (Å²) in [6, 6.07) is 19.7. The molecule has 0 aliphatic rings. The molecule has 0 unspecified atom stereocenters. The summed E-state index contributed by atoms with van der Waals surface area (Å²) in [6.07, 6.45) is 1.87. The highest BCUT2D eigenvalue weighted by Gasteiger charge is 2.17. The predicted molar refractivity (Wildman–Crippen MR) is 102 cm³/mol. The van der Waals surface area contributed by atoms with E-state index in [9.17, 15) is 8.42 Å². The first-order chi connectivity index (χ1) is 12.4. The Hall–Kier alpha value is -2.67. The summed E-state index contributed by atoms with van der Waals surface area (Å²) >= 11 is 6.00. The van der Waals surface area contributed by atoms with Crippen molar-refractivity contribution >= 4 is 27.1 Å². The highest BCUT2D eigenvalue weighted by atomic mass is 35.5. The maximum absolute atomic E-state index is 11.5. The molecule has 0 aliphatic carbocycles. The molecule has 0 aliphatic heterocycles. The molecule has 2 heterocycles.